The van der Waals surface area contributed by atoms with E-state index < -0.39 is 0 Å². The van der Waals surface area contributed by atoms with Crippen LogP contribution in [-0.2, 0) is 17.6 Å². The number of halogens is 1. The van der Waals surface area contributed by atoms with E-state index >= 15 is 0 Å². The molecule has 1 aliphatic carbocycles. The number of benzene rings is 2. The maximum Gasteiger partial charge on any atom is 0.234 e. The summed E-state index contributed by atoms with van der Waals surface area (Å²) in [6.45, 7) is 0. The molecule has 1 heterocycles. The Hall–Kier alpha value is -2.38. The highest BCUT2D eigenvalue weighted by Crippen LogP contribution is 2.25. The molecule has 0 saturated carbocycles. The second-order valence-electron chi connectivity index (χ2n) is 6.02. The van der Waals surface area contributed by atoms with Gasteiger partial charge in [0.1, 0.15) is 0 Å². The Morgan fingerprint density at radius 1 is 1.15 bits per heavy atom. The summed E-state index contributed by atoms with van der Waals surface area (Å²) in [6.07, 6.45) is 3.41. The van der Waals surface area contributed by atoms with Gasteiger partial charge in [0.25, 0.3) is 0 Å². The Labute approximate surface area is 159 Å². The Morgan fingerprint density at radius 2 is 1.96 bits per heavy atom. The maximum absolute atomic E-state index is 12.3. The van der Waals surface area contributed by atoms with Gasteiger partial charge in [0.05, 0.1) is 11.4 Å². The Balaban J connectivity index is 1.39. The molecule has 1 aliphatic rings. The molecule has 2 aromatic carbocycles. The topological polar surface area (TPSA) is 72.7 Å². The maximum atomic E-state index is 12.3. The van der Waals surface area contributed by atoms with Gasteiger partial charge in [-0.15, -0.1) is 5.10 Å². The van der Waals surface area contributed by atoms with Gasteiger partial charge in [0.2, 0.25) is 11.1 Å². The first-order valence-corrected chi connectivity index (χ1v) is 9.64. The summed E-state index contributed by atoms with van der Waals surface area (Å²) < 4.78 is 1.59. The smallest absolute Gasteiger partial charge is 0.234 e. The molecule has 0 spiro atoms. The summed E-state index contributed by atoms with van der Waals surface area (Å²) in [7, 11) is 0. The van der Waals surface area contributed by atoms with Crippen molar-refractivity contribution in [3.63, 3.8) is 0 Å². The summed E-state index contributed by atoms with van der Waals surface area (Å²) in [5.41, 5.74) is 4.36. The third-order valence-electron chi connectivity index (χ3n) is 4.23. The van der Waals surface area contributed by atoms with Crippen LogP contribution in [0, 0.1) is 0 Å². The Morgan fingerprint density at radius 3 is 2.81 bits per heavy atom. The number of nitrogens with one attached hydrogen (secondary N) is 1. The molecule has 26 heavy (non-hydrogen) atoms. The van der Waals surface area contributed by atoms with E-state index in [2.05, 4.69) is 33.0 Å². The molecule has 1 aromatic heterocycles. The van der Waals surface area contributed by atoms with Gasteiger partial charge in [-0.25, -0.2) is 0 Å². The van der Waals surface area contributed by atoms with Gasteiger partial charge in [-0.3, -0.25) is 4.79 Å². The summed E-state index contributed by atoms with van der Waals surface area (Å²) in [4.78, 5) is 12.3. The van der Waals surface area contributed by atoms with Crippen LogP contribution in [0.25, 0.3) is 5.69 Å². The molecule has 0 fully saturated rings. The minimum Gasteiger partial charge on any atom is -0.325 e. The lowest BCUT2D eigenvalue weighted by Gasteiger charge is -2.07. The fourth-order valence-corrected chi connectivity index (χ4v) is 3.81. The number of hydrogen-bond donors (Lipinski definition) is 1. The number of rotatable bonds is 5. The second-order valence-corrected chi connectivity index (χ2v) is 7.40. The number of nitrogens with zero attached hydrogens (tertiary/aromatic N) is 4. The minimum absolute atomic E-state index is 0.0846. The van der Waals surface area contributed by atoms with Crippen molar-refractivity contribution in [1.82, 2.24) is 20.2 Å². The van der Waals surface area contributed by atoms with Crippen LogP contribution in [0.3, 0.4) is 0 Å². The van der Waals surface area contributed by atoms with E-state index in [0.717, 1.165) is 24.2 Å². The monoisotopic (exact) mass is 385 g/mol. The average Bonchev–Trinajstić information content (AvgIpc) is 3.29. The molecule has 0 bridgehead atoms. The van der Waals surface area contributed by atoms with Crippen LogP contribution in [0.4, 0.5) is 5.69 Å². The van der Waals surface area contributed by atoms with Crippen molar-refractivity contribution in [1.29, 1.82) is 0 Å². The highest BCUT2D eigenvalue weighted by atomic mass is 35.5. The van der Waals surface area contributed by atoms with Gasteiger partial charge in [0.15, 0.2) is 0 Å². The van der Waals surface area contributed by atoms with E-state index in [1.165, 1.54) is 29.3 Å². The molecule has 0 atom stereocenters. The van der Waals surface area contributed by atoms with E-state index in [1.807, 2.05) is 18.2 Å². The predicted octanol–water partition coefficient (Wildman–Crippen LogP) is 3.54. The van der Waals surface area contributed by atoms with Crippen LogP contribution >= 0.6 is 23.4 Å². The number of hydrogen-bond acceptors (Lipinski definition) is 5. The standard InChI is InChI=1S/C18H16ClN5OS/c19-14-5-8-16(9-6-14)24-18(21-22-23-24)26-11-17(25)20-15-7-4-12-2-1-3-13(12)10-15/h4-10H,1-3,11H2,(H,20,25). The number of thioether (sulfide) groups is 1. The van der Waals surface area contributed by atoms with Crippen LogP contribution in [-0.4, -0.2) is 31.9 Å². The van der Waals surface area contributed by atoms with Crippen molar-refractivity contribution < 1.29 is 4.79 Å². The zero-order chi connectivity index (χ0) is 17.9. The quantitative estimate of drug-likeness (QED) is 0.680. The van der Waals surface area contributed by atoms with E-state index in [0.29, 0.717) is 10.2 Å². The van der Waals surface area contributed by atoms with Crippen LogP contribution in [0.5, 0.6) is 0 Å². The summed E-state index contributed by atoms with van der Waals surface area (Å²) in [6, 6.07) is 13.3. The van der Waals surface area contributed by atoms with Gasteiger partial charge < -0.3 is 5.32 Å². The van der Waals surface area contributed by atoms with E-state index in [1.54, 1.807) is 16.8 Å². The molecule has 1 amide bonds. The van der Waals surface area contributed by atoms with Crippen LogP contribution < -0.4 is 5.32 Å². The minimum atomic E-state index is -0.0846. The summed E-state index contributed by atoms with van der Waals surface area (Å²) in [5, 5.41) is 15.8. The fraction of sp³-hybridized carbons (Fsp3) is 0.222. The molecule has 8 heteroatoms. The molecule has 3 aromatic rings. The average molecular weight is 386 g/mol. The molecule has 0 aliphatic heterocycles. The number of anilines is 1. The van der Waals surface area contributed by atoms with E-state index in [9.17, 15) is 4.79 Å². The number of carbonyl (C=O) groups is 1. The lowest BCUT2D eigenvalue weighted by molar-refractivity contribution is -0.113. The molecule has 132 valence electrons. The molecule has 6 nitrogen and oxygen atoms in total. The number of aryl methyl sites for hydroxylation is 2. The zero-order valence-corrected chi connectivity index (χ0v) is 15.4. The third kappa shape index (κ3) is 3.73. The number of carbonyl (C=O) groups excluding carboxylic acids is 1. The Bertz CT molecular complexity index is 941. The molecule has 0 saturated heterocycles. The first-order chi connectivity index (χ1) is 12.7. The number of fused-ring (bicyclic) bond motifs is 1. The molecule has 0 unspecified atom stereocenters. The van der Waals surface area contributed by atoms with E-state index in [-0.39, 0.29) is 11.7 Å². The normalized spacial score (nSPS) is 12.8. The largest absolute Gasteiger partial charge is 0.325 e. The second kappa shape index (κ2) is 7.47. The van der Waals surface area contributed by atoms with Crippen molar-refractivity contribution in [3.8, 4) is 5.69 Å². The van der Waals surface area contributed by atoms with Crippen molar-refractivity contribution in [3.05, 3.63) is 58.6 Å². The summed E-state index contributed by atoms with van der Waals surface area (Å²) in [5.74, 6) is 0.143. The fourth-order valence-electron chi connectivity index (χ4n) is 2.99. The van der Waals surface area contributed by atoms with Crippen molar-refractivity contribution in [2.75, 3.05) is 11.1 Å². The molecular weight excluding hydrogens is 370 g/mol. The van der Waals surface area contributed by atoms with Gasteiger partial charge in [-0.2, -0.15) is 4.68 Å². The van der Waals surface area contributed by atoms with Gasteiger partial charge >= 0.3 is 0 Å². The van der Waals surface area contributed by atoms with Crippen molar-refractivity contribution >= 4 is 35.0 Å². The SMILES string of the molecule is O=C(CSc1nnnn1-c1ccc(Cl)cc1)Nc1ccc2c(c1)CCC2. The lowest BCUT2D eigenvalue weighted by Crippen LogP contribution is -2.14. The van der Waals surface area contributed by atoms with Crippen LogP contribution in [0.2, 0.25) is 5.02 Å². The first-order valence-electron chi connectivity index (χ1n) is 8.28. The van der Waals surface area contributed by atoms with Gasteiger partial charge in [0, 0.05) is 10.7 Å². The molecule has 1 N–H and O–H groups in total. The zero-order valence-electron chi connectivity index (χ0n) is 13.9. The van der Waals surface area contributed by atoms with Crippen LogP contribution in [0.15, 0.2) is 47.6 Å². The number of amides is 1. The molecule has 4 rings (SSSR count). The highest BCUT2D eigenvalue weighted by Gasteiger charge is 2.14. The molecular formula is C18H16ClN5OS. The predicted molar refractivity (Wildman–Crippen MR) is 102 cm³/mol. The van der Waals surface area contributed by atoms with Crippen molar-refractivity contribution in [2.24, 2.45) is 0 Å². The number of aromatic nitrogens is 4. The van der Waals surface area contributed by atoms with Gasteiger partial charge in [-0.05, 0) is 77.2 Å². The third-order valence-corrected chi connectivity index (χ3v) is 5.40. The van der Waals surface area contributed by atoms with E-state index in [4.69, 9.17) is 11.6 Å². The highest BCUT2D eigenvalue weighted by molar-refractivity contribution is 7.99. The van der Waals surface area contributed by atoms with Gasteiger partial charge in [-0.1, -0.05) is 29.4 Å². The Kier molecular flexibility index (Phi) is 4.90. The molecule has 0 radical (unpaired) electrons. The lowest BCUT2D eigenvalue weighted by atomic mass is 10.1. The summed E-state index contributed by atoms with van der Waals surface area (Å²) >= 11 is 7.20. The van der Waals surface area contributed by atoms with Crippen molar-refractivity contribution in [2.45, 2.75) is 24.4 Å². The van der Waals surface area contributed by atoms with Crippen LogP contribution in [0.1, 0.15) is 17.5 Å². The first kappa shape index (κ1) is 17.1. The number of tetrazole rings is 1.